The van der Waals surface area contributed by atoms with Crippen LogP contribution in [-0.2, 0) is 38.8 Å². The van der Waals surface area contributed by atoms with Crippen LogP contribution in [0.15, 0.2) is 91.0 Å². The van der Waals surface area contributed by atoms with Crippen molar-refractivity contribution in [2.45, 2.75) is 95.1 Å². The molecule has 2 N–H and O–H groups in total. The van der Waals surface area contributed by atoms with E-state index >= 15 is 0 Å². The number of benzene rings is 3. The highest BCUT2D eigenvalue weighted by Gasteiger charge is 2.42. The summed E-state index contributed by atoms with van der Waals surface area (Å²) in [6, 6.07) is 28.4. The Morgan fingerprint density at radius 1 is 0.536 bits per heavy atom. The quantitative estimate of drug-likeness (QED) is 0.214. The molecular formula is C42H53F2N3O9. The highest BCUT2D eigenvalue weighted by atomic mass is 19.1. The number of fused-ring (bicyclic) bond motifs is 1. The Balaban J connectivity index is 0.000000161. The maximum atomic E-state index is 13.5. The number of aliphatic hydroxyl groups excluding tert-OH is 2. The maximum Gasteiger partial charge on any atom is 0.410 e. The summed E-state index contributed by atoms with van der Waals surface area (Å²) in [6.45, 7) is 2.90. The number of hydrogen-bond donors (Lipinski definition) is 2. The summed E-state index contributed by atoms with van der Waals surface area (Å²) in [5.74, 6) is 0. The topological polar surface area (TPSA) is 142 Å². The molecule has 4 fully saturated rings. The molecule has 4 aliphatic heterocycles. The average molecular weight is 782 g/mol. The van der Waals surface area contributed by atoms with Gasteiger partial charge in [-0.1, -0.05) is 91.0 Å². The number of rotatable bonds is 6. The summed E-state index contributed by atoms with van der Waals surface area (Å²) in [7, 11) is 0. The van der Waals surface area contributed by atoms with E-state index in [1.165, 1.54) is 9.80 Å². The number of carbonyl (C=O) groups excluding carboxylic acids is 3. The van der Waals surface area contributed by atoms with Crippen LogP contribution in [0.4, 0.5) is 23.2 Å². The van der Waals surface area contributed by atoms with E-state index in [-0.39, 0.29) is 44.9 Å². The van der Waals surface area contributed by atoms with Gasteiger partial charge in [0.1, 0.15) is 44.4 Å². The van der Waals surface area contributed by atoms with E-state index in [2.05, 4.69) is 0 Å². The van der Waals surface area contributed by atoms with Crippen LogP contribution in [0.2, 0.25) is 0 Å². The minimum atomic E-state index is -1.40. The number of amides is 3. The fourth-order valence-corrected chi connectivity index (χ4v) is 6.51. The van der Waals surface area contributed by atoms with Gasteiger partial charge in [-0.05, 0) is 55.2 Å². The van der Waals surface area contributed by atoms with Crippen molar-refractivity contribution in [3.8, 4) is 0 Å². The van der Waals surface area contributed by atoms with Crippen molar-refractivity contribution in [2.75, 3.05) is 39.3 Å². The summed E-state index contributed by atoms with van der Waals surface area (Å²) in [5.41, 5.74) is 2.80. The van der Waals surface area contributed by atoms with E-state index in [0.29, 0.717) is 51.6 Å². The standard InChI is InChI=1S/2C14H18FNO3.C14H17NO3/c15-12-9-16(8-4-7-13(12)17)14(18)19-10-11-5-2-1-3-6-11;15-12-7-4-8-16(9-13(12)17)14(18)19-10-11-5-2-1-3-6-11;16-14(17-10-11-5-2-1-3-6-11)15-8-4-7-12-13(9-15)18-12/h2*1-3,5-6,12-13,17H,4,7-10H2;1-3,5-6,12-13H,4,7-10H2/t2*12-,13-;/m11./s1. The summed E-state index contributed by atoms with van der Waals surface area (Å²) in [5, 5.41) is 18.9. The monoisotopic (exact) mass is 781 g/mol. The van der Waals surface area contributed by atoms with Gasteiger partial charge in [-0.25, -0.2) is 23.2 Å². The third-order valence-corrected chi connectivity index (χ3v) is 9.87. The fourth-order valence-electron chi connectivity index (χ4n) is 6.51. The zero-order valence-electron chi connectivity index (χ0n) is 31.6. The van der Waals surface area contributed by atoms with Crippen LogP contribution in [0.1, 0.15) is 55.2 Å². The predicted octanol–water partition coefficient (Wildman–Crippen LogP) is 6.42. The Kier molecular flexibility index (Phi) is 16.7. The van der Waals surface area contributed by atoms with Crippen molar-refractivity contribution in [1.29, 1.82) is 0 Å². The molecule has 4 saturated heterocycles. The van der Waals surface area contributed by atoms with Crippen LogP contribution in [0.3, 0.4) is 0 Å². The largest absolute Gasteiger partial charge is 0.445 e. The Morgan fingerprint density at radius 2 is 0.946 bits per heavy atom. The first-order valence-corrected chi connectivity index (χ1v) is 19.3. The molecule has 3 amide bonds. The molecule has 0 aromatic heterocycles. The molecule has 3 aromatic carbocycles. The molecule has 3 aromatic rings. The van der Waals surface area contributed by atoms with Gasteiger partial charge in [-0.2, -0.15) is 0 Å². The van der Waals surface area contributed by atoms with Crippen molar-refractivity contribution >= 4 is 18.3 Å². The van der Waals surface area contributed by atoms with Crippen molar-refractivity contribution in [3.05, 3.63) is 108 Å². The number of likely N-dealkylation sites (tertiary alicyclic amines) is 3. The Morgan fingerprint density at radius 3 is 1.43 bits per heavy atom. The van der Waals surface area contributed by atoms with Gasteiger partial charge in [0.05, 0.1) is 31.8 Å². The molecule has 4 heterocycles. The first-order valence-electron chi connectivity index (χ1n) is 19.3. The lowest BCUT2D eigenvalue weighted by atomic mass is 10.1. The van der Waals surface area contributed by atoms with E-state index in [9.17, 15) is 33.4 Å². The van der Waals surface area contributed by atoms with Crippen LogP contribution in [-0.4, -0.2) is 119 Å². The second kappa shape index (κ2) is 22.1. The number of nitrogens with zero attached hydrogens (tertiary/aromatic N) is 3. The van der Waals surface area contributed by atoms with Gasteiger partial charge in [0.2, 0.25) is 0 Å². The highest BCUT2D eigenvalue weighted by Crippen LogP contribution is 2.30. The molecule has 7 rings (SSSR count). The average Bonchev–Trinajstić information content (AvgIpc) is 4.04. The summed E-state index contributed by atoms with van der Waals surface area (Å²) in [6.07, 6.45) is -1.53. The van der Waals surface area contributed by atoms with Crippen molar-refractivity contribution in [2.24, 2.45) is 0 Å². The number of β-amino-alcohol motifs (C(OH)–C–C–N with tert-alkyl or cyclic N) is 1. The molecule has 0 radical (unpaired) electrons. The lowest BCUT2D eigenvalue weighted by Gasteiger charge is -2.22. The number of halogens is 2. The second-order valence-electron chi connectivity index (χ2n) is 14.3. The normalized spacial score (nSPS) is 24.5. The van der Waals surface area contributed by atoms with Gasteiger partial charge in [0, 0.05) is 19.6 Å². The first-order chi connectivity index (χ1) is 27.2. The lowest BCUT2D eigenvalue weighted by molar-refractivity contribution is 0.0461. The van der Waals surface area contributed by atoms with E-state index in [4.69, 9.17) is 18.9 Å². The number of alkyl halides is 2. The molecule has 304 valence electrons. The molecule has 6 atom stereocenters. The number of carbonyl (C=O) groups is 3. The predicted molar refractivity (Wildman–Crippen MR) is 203 cm³/mol. The molecule has 12 nitrogen and oxygen atoms in total. The molecular weight excluding hydrogens is 728 g/mol. The zero-order chi connectivity index (χ0) is 39.7. The van der Waals surface area contributed by atoms with Gasteiger partial charge in [-0.3, -0.25) is 0 Å². The van der Waals surface area contributed by atoms with E-state index < -0.39 is 36.7 Å². The highest BCUT2D eigenvalue weighted by molar-refractivity contribution is 5.68. The van der Waals surface area contributed by atoms with Gasteiger partial charge in [0.25, 0.3) is 0 Å². The summed E-state index contributed by atoms with van der Waals surface area (Å²) < 4.78 is 47.9. The number of hydrogen-bond acceptors (Lipinski definition) is 9. The van der Waals surface area contributed by atoms with Crippen LogP contribution in [0.25, 0.3) is 0 Å². The molecule has 2 unspecified atom stereocenters. The van der Waals surface area contributed by atoms with Crippen LogP contribution in [0, 0.1) is 0 Å². The maximum absolute atomic E-state index is 13.5. The van der Waals surface area contributed by atoms with Gasteiger partial charge >= 0.3 is 18.3 Å². The summed E-state index contributed by atoms with van der Waals surface area (Å²) in [4.78, 5) is 40.1. The van der Waals surface area contributed by atoms with Crippen LogP contribution in [0.5, 0.6) is 0 Å². The second-order valence-corrected chi connectivity index (χ2v) is 14.3. The van der Waals surface area contributed by atoms with E-state index in [1.54, 1.807) is 4.90 Å². The van der Waals surface area contributed by atoms with Gasteiger partial charge < -0.3 is 43.9 Å². The Hall–Kier alpha value is -4.79. The van der Waals surface area contributed by atoms with Crippen molar-refractivity contribution < 1.29 is 52.3 Å². The van der Waals surface area contributed by atoms with Gasteiger partial charge in [-0.15, -0.1) is 0 Å². The van der Waals surface area contributed by atoms with Crippen molar-refractivity contribution in [1.82, 2.24) is 14.7 Å². The molecule has 0 aliphatic carbocycles. The lowest BCUT2D eigenvalue weighted by Crippen LogP contribution is -2.38. The Labute approximate surface area is 326 Å². The minimum absolute atomic E-state index is 0.00517. The third-order valence-electron chi connectivity index (χ3n) is 9.87. The molecule has 56 heavy (non-hydrogen) atoms. The molecule has 4 aliphatic rings. The first kappa shape index (κ1) is 42.4. The van der Waals surface area contributed by atoms with Crippen LogP contribution >= 0.6 is 0 Å². The zero-order valence-corrected chi connectivity index (χ0v) is 31.6. The van der Waals surface area contributed by atoms with Crippen molar-refractivity contribution in [3.63, 3.8) is 0 Å². The smallest absolute Gasteiger partial charge is 0.410 e. The number of ether oxygens (including phenoxy) is 4. The SMILES string of the molecule is O=C(OCc1ccccc1)N1CCCC2OC2C1.O=C(OCc1ccccc1)N1CCC[C@@H](F)[C@H](O)C1.O=C(OCc1ccccc1)N1CCC[C@@H](O)[C@H](F)C1. The van der Waals surface area contributed by atoms with Crippen LogP contribution < -0.4 is 0 Å². The number of aliphatic hydroxyl groups is 2. The molecule has 14 heteroatoms. The number of epoxide rings is 1. The fraction of sp³-hybridized carbons (Fsp3) is 0.500. The Bertz CT molecular complexity index is 1550. The third kappa shape index (κ3) is 14.1. The van der Waals surface area contributed by atoms with E-state index in [0.717, 1.165) is 36.1 Å². The minimum Gasteiger partial charge on any atom is -0.445 e. The molecule has 0 saturated carbocycles. The van der Waals surface area contributed by atoms with Gasteiger partial charge in [0.15, 0.2) is 0 Å². The molecule has 0 bridgehead atoms. The van der Waals surface area contributed by atoms with E-state index in [1.807, 2.05) is 91.0 Å². The summed E-state index contributed by atoms with van der Waals surface area (Å²) >= 11 is 0. The molecule has 0 spiro atoms.